The van der Waals surface area contributed by atoms with Crippen LogP contribution in [0.15, 0.2) is 23.1 Å². The number of hydrogen-bond acceptors (Lipinski definition) is 3. The Labute approximate surface area is 117 Å². The molecule has 1 heterocycles. The molecule has 0 radical (unpaired) electrons. The third-order valence-electron chi connectivity index (χ3n) is 3.59. The van der Waals surface area contributed by atoms with Crippen LogP contribution in [-0.4, -0.2) is 31.8 Å². The van der Waals surface area contributed by atoms with E-state index in [-0.39, 0.29) is 17.5 Å². The maximum Gasteiger partial charge on any atom is 0.254 e. The zero-order valence-electron chi connectivity index (χ0n) is 11.2. The zero-order valence-corrected chi connectivity index (χ0v) is 12.0. The van der Waals surface area contributed by atoms with Gasteiger partial charge in [0.15, 0.2) is 0 Å². The molecular formula is C13H17FN2O3S. The molecule has 20 heavy (non-hydrogen) atoms. The highest BCUT2D eigenvalue weighted by atomic mass is 32.2. The van der Waals surface area contributed by atoms with Crippen LogP contribution in [0.5, 0.6) is 0 Å². The standard InChI is InChI=1S/C13H17FN2O3S/c1-2-10-4-3-7-16(10)13(17)9-5-6-11(14)12(8-9)20(15,18)19/h5-6,8,10H,2-4,7H2,1H3,(H2,15,18,19). The minimum atomic E-state index is -4.18. The van der Waals surface area contributed by atoms with E-state index in [4.69, 9.17) is 5.14 Å². The Morgan fingerprint density at radius 2 is 2.20 bits per heavy atom. The van der Waals surface area contributed by atoms with Crippen LogP contribution in [0.3, 0.4) is 0 Å². The molecule has 1 aliphatic heterocycles. The predicted molar refractivity (Wildman–Crippen MR) is 72.1 cm³/mol. The number of nitrogens with two attached hydrogens (primary N) is 1. The third-order valence-corrected chi connectivity index (χ3v) is 4.52. The SMILES string of the molecule is CCC1CCCN1C(=O)c1ccc(F)c(S(N)(=O)=O)c1. The van der Waals surface area contributed by atoms with Crippen molar-refractivity contribution in [1.82, 2.24) is 4.90 Å². The van der Waals surface area contributed by atoms with Gasteiger partial charge in [0.25, 0.3) is 5.91 Å². The van der Waals surface area contributed by atoms with Gasteiger partial charge in [-0.15, -0.1) is 0 Å². The maximum atomic E-state index is 13.5. The first-order chi connectivity index (χ1) is 9.34. The van der Waals surface area contributed by atoms with Crippen molar-refractivity contribution in [2.24, 2.45) is 5.14 Å². The fourth-order valence-electron chi connectivity index (χ4n) is 2.55. The summed E-state index contributed by atoms with van der Waals surface area (Å²) in [7, 11) is -4.18. The van der Waals surface area contributed by atoms with Crippen LogP contribution in [0.2, 0.25) is 0 Å². The van der Waals surface area contributed by atoms with Crippen molar-refractivity contribution >= 4 is 15.9 Å². The summed E-state index contributed by atoms with van der Waals surface area (Å²) in [5.41, 5.74) is 0.149. The number of nitrogens with zero attached hydrogens (tertiary/aromatic N) is 1. The van der Waals surface area contributed by atoms with Gasteiger partial charge in [0.2, 0.25) is 10.0 Å². The van der Waals surface area contributed by atoms with Crippen molar-refractivity contribution < 1.29 is 17.6 Å². The van der Waals surface area contributed by atoms with Gasteiger partial charge in [-0.1, -0.05) is 6.92 Å². The first kappa shape index (κ1) is 14.9. The molecule has 7 heteroatoms. The number of rotatable bonds is 3. The number of amides is 1. The van der Waals surface area contributed by atoms with Crippen molar-refractivity contribution in [3.8, 4) is 0 Å². The molecule has 0 spiro atoms. The Morgan fingerprint density at radius 1 is 1.50 bits per heavy atom. The van der Waals surface area contributed by atoms with Crippen LogP contribution in [0.25, 0.3) is 0 Å². The van der Waals surface area contributed by atoms with Gasteiger partial charge in [-0.25, -0.2) is 17.9 Å². The van der Waals surface area contributed by atoms with Crippen molar-refractivity contribution in [1.29, 1.82) is 0 Å². The molecule has 1 aromatic rings. The van der Waals surface area contributed by atoms with Gasteiger partial charge >= 0.3 is 0 Å². The second-order valence-electron chi connectivity index (χ2n) is 4.89. The summed E-state index contributed by atoms with van der Waals surface area (Å²) in [6.45, 7) is 2.64. The van der Waals surface area contributed by atoms with E-state index in [1.807, 2.05) is 6.92 Å². The minimum Gasteiger partial charge on any atom is -0.336 e. The Morgan fingerprint density at radius 3 is 2.80 bits per heavy atom. The molecule has 0 aromatic heterocycles. The fourth-order valence-corrected chi connectivity index (χ4v) is 3.18. The van der Waals surface area contributed by atoms with E-state index in [0.717, 1.165) is 31.4 Å². The molecule has 1 fully saturated rings. The molecule has 0 aliphatic carbocycles. The number of hydrogen-bond donors (Lipinski definition) is 1. The second kappa shape index (κ2) is 5.49. The summed E-state index contributed by atoms with van der Waals surface area (Å²) in [4.78, 5) is 13.4. The average molecular weight is 300 g/mol. The lowest BCUT2D eigenvalue weighted by atomic mass is 10.1. The van der Waals surface area contributed by atoms with Crippen molar-refractivity contribution in [2.75, 3.05) is 6.54 Å². The molecule has 1 aliphatic rings. The Hall–Kier alpha value is -1.47. The summed E-state index contributed by atoms with van der Waals surface area (Å²) < 4.78 is 36.0. The largest absolute Gasteiger partial charge is 0.336 e. The van der Waals surface area contributed by atoms with Gasteiger partial charge in [0, 0.05) is 18.2 Å². The van der Waals surface area contributed by atoms with E-state index in [9.17, 15) is 17.6 Å². The smallest absolute Gasteiger partial charge is 0.254 e. The highest BCUT2D eigenvalue weighted by molar-refractivity contribution is 7.89. The maximum absolute atomic E-state index is 13.5. The van der Waals surface area contributed by atoms with E-state index in [0.29, 0.717) is 6.54 Å². The molecule has 5 nitrogen and oxygen atoms in total. The Balaban J connectivity index is 2.36. The topological polar surface area (TPSA) is 80.5 Å². The second-order valence-corrected chi connectivity index (χ2v) is 6.42. The van der Waals surface area contributed by atoms with Gasteiger partial charge in [-0.2, -0.15) is 0 Å². The number of carbonyl (C=O) groups excluding carboxylic acids is 1. The molecular weight excluding hydrogens is 283 g/mol. The summed E-state index contributed by atoms with van der Waals surface area (Å²) in [6.07, 6.45) is 2.70. The molecule has 2 rings (SSSR count). The summed E-state index contributed by atoms with van der Waals surface area (Å²) >= 11 is 0. The summed E-state index contributed by atoms with van der Waals surface area (Å²) in [6, 6.07) is 3.42. The van der Waals surface area contributed by atoms with Crippen molar-refractivity contribution in [2.45, 2.75) is 37.1 Å². The fraction of sp³-hybridized carbons (Fsp3) is 0.462. The highest BCUT2D eigenvalue weighted by Crippen LogP contribution is 2.23. The third kappa shape index (κ3) is 2.83. The number of benzene rings is 1. The summed E-state index contributed by atoms with van der Waals surface area (Å²) in [5.74, 6) is -1.23. The normalized spacial score (nSPS) is 19.4. The lowest BCUT2D eigenvalue weighted by Gasteiger charge is -2.23. The van der Waals surface area contributed by atoms with Crippen LogP contribution >= 0.6 is 0 Å². The molecule has 0 saturated carbocycles. The molecule has 1 atom stereocenters. The average Bonchev–Trinajstić information content (AvgIpc) is 2.85. The lowest BCUT2D eigenvalue weighted by molar-refractivity contribution is 0.0733. The molecule has 1 saturated heterocycles. The van der Waals surface area contributed by atoms with E-state index in [1.165, 1.54) is 6.07 Å². The number of carbonyl (C=O) groups is 1. The van der Waals surface area contributed by atoms with Gasteiger partial charge < -0.3 is 4.90 Å². The molecule has 2 N–H and O–H groups in total. The zero-order chi connectivity index (χ0) is 14.9. The minimum absolute atomic E-state index is 0.149. The van der Waals surface area contributed by atoms with E-state index >= 15 is 0 Å². The molecule has 1 aromatic carbocycles. The highest BCUT2D eigenvalue weighted by Gasteiger charge is 2.29. The molecule has 110 valence electrons. The number of sulfonamides is 1. The lowest BCUT2D eigenvalue weighted by Crippen LogP contribution is -2.35. The van der Waals surface area contributed by atoms with E-state index in [1.54, 1.807) is 4.90 Å². The first-order valence-corrected chi connectivity index (χ1v) is 8.02. The monoisotopic (exact) mass is 300 g/mol. The number of primary sulfonamides is 1. The number of likely N-dealkylation sites (tertiary alicyclic amines) is 1. The van der Waals surface area contributed by atoms with Gasteiger partial charge in [0.05, 0.1) is 0 Å². The first-order valence-electron chi connectivity index (χ1n) is 6.48. The van der Waals surface area contributed by atoms with E-state index < -0.39 is 20.7 Å². The van der Waals surface area contributed by atoms with Crippen molar-refractivity contribution in [3.63, 3.8) is 0 Å². The van der Waals surface area contributed by atoms with Crippen LogP contribution in [0.1, 0.15) is 36.5 Å². The van der Waals surface area contributed by atoms with Gasteiger partial charge in [0.1, 0.15) is 10.7 Å². The number of halogens is 1. The van der Waals surface area contributed by atoms with Gasteiger partial charge in [-0.05, 0) is 37.5 Å². The van der Waals surface area contributed by atoms with Crippen LogP contribution < -0.4 is 5.14 Å². The molecule has 0 bridgehead atoms. The Kier molecular flexibility index (Phi) is 4.10. The predicted octanol–water partition coefficient (Wildman–Crippen LogP) is 1.49. The van der Waals surface area contributed by atoms with E-state index in [2.05, 4.69) is 0 Å². The summed E-state index contributed by atoms with van der Waals surface area (Å²) in [5, 5.41) is 4.94. The molecule has 1 amide bonds. The quantitative estimate of drug-likeness (QED) is 0.918. The Bertz CT molecular complexity index is 631. The van der Waals surface area contributed by atoms with Crippen LogP contribution in [-0.2, 0) is 10.0 Å². The van der Waals surface area contributed by atoms with Crippen LogP contribution in [0, 0.1) is 5.82 Å². The molecule has 1 unspecified atom stereocenters. The van der Waals surface area contributed by atoms with Crippen LogP contribution in [0.4, 0.5) is 4.39 Å². The van der Waals surface area contributed by atoms with Gasteiger partial charge in [-0.3, -0.25) is 4.79 Å². The van der Waals surface area contributed by atoms with Crippen molar-refractivity contribution in [3.05, 3.63) is 29.6 Å².